The van der Waals surface area contributed by atoms with Crippen LogP contribution in [0.15, 0.2) is 18.2 Å². The molecule has 2 saturated heterocycles. The van der Waals surface area contributed by atoms with Gasteiger partial charge in [0.15, 0.2) is 0 Å². The highest BCUT2D eigenvalue weighted by Crippen LogP contribution is 2.42. The Morgan fingerprint density at radius 1 is 1.39 bits per heavy atom. The van der Waals surface area contributed by atoms with Gasteiger partial charge in [0.1, 0.15) is 18.2 Å². The molecule has 1 N–H and O–H groups in total. The molecule has 1 spiro atoms. The molecule has 3 aliphatic rings. The quantitative estimate of drug-likeness (QED) is 0.826. The molecule has 4 rings (SSSR count). The number of rotatable bonds is 4. The Bertz CT molecular complexity index is 788. The van der Waals surface area contributed by atoms with Crippen LogP contribution in [0.1, 0.15) is 32.6 Å². The predicted octanol–water partition coefficient (Wildman–Crippen LogP) is 3.38. The average molecular weight is 411 g/mol. The lowest BCUT2D eigenvalue weighted by molar-refractivity contribution is -0.143. The van der Waals surface area contributed by atoms with Crippen molar-refractivity contribution < 1.29 is 23.5 Å². The van der Waals surface area contributed by atoms with Crippen LogP contribution in [0.5, 0.6) is 5.75 Å². The summed E-state index contributed by atoms with van der Waals surface area (Å²) >= 11 is 6.02. The molecule has 2 amide bonds. The van der Waals surface area contributed by atoms with Gasteiger partial charge in [0.05, 0.1) is 17.2 Å². The molecule has 3 fully saturated rings. The molecule has 2 heterocycles. The Kier molecular flexibility index (Phi) is 4.89. The predicted molar refractivity (Wildman–Crippen MR) is 101 cm³/mol. The molecule has 2 aliphatic heterocycles. The van der Waals surface area contributed by atoms with Crippen LogP contribution in [0.25, 0.3) is 0 Å². The number of ether oxygens (including phenoxy) is 2. The molecule has 0 aromatic heterocycles. The lowest BCUT2D eigenvalue weighted by atomic mass is 9.68. The lowest BCUT2D eigenvalue weighted by Gasteiger charge is -2.46. The first kappa shape index (κ1) is 19.3. The summed E-state index contributed by atoms with van der Waals surface area (Å²) in [6, 6.07) is 4.11. The van der Waals surface area contributed by atoms with Gasteiger partial charge in [-0.05, 0) is 43.9 Å². The fourth-order valence-electron chi connectivity index (χ4n) is 4.28. The highest BCUT2D eigenvalue weighted by Gasteiger charge is 2.53. The fraction of sp³-hybridized carbons (Fsp3) is 0.600. The summed E-state index contributed by atoms with van der Waals surface area (Å²) in [6.45, 7) is 4.33. The molecule has 8 heteroatoms. The Balaban J connectivity index is 1.26. The van der Waals surface area contributed by atoms with Gasteiger partial charge >= 0.3 is 6.09 Å². The number of hydrogen-bond acceptors (Lipinski definition) is 4. The third kappa shape index (κ3) is 3.77. The first-order valence-corrected chi connectivity index (χ1v) is 9.97. The van der Waals surface area contributed by atoms with E-state index < -0.39 is 5.82 Å². The molecule has 6 nitrogen and oxygen atoms in total. The number of nitrogens with zero attached hydrogens (tertiary/aromatic N) is 1. The summed E-state index contributed by atoms with van der Waals surface area (Å²) in [7, 11) is 0. The Labute approximate surface area is 168 Å². The minimum absolute atomic E-state index is 0.0411. The van der Waals surface area contributed by atoms with E-state index in [1.165, 1.54) is 18.2 Å². The number of likely N-dealkylation sites (tertiary alicyclic amines) is 1. The largest absolute Gasteiger partial charge is 0.491 e. The summed E-state index contributed by atoms with van der Waals surface area (Å²) in [5.41, 5.74) is -0.396. The van der Waals surface area contributed by atoms with E-state index in [2.05, 4.69) is 12.2 Å². The second kappa shape index (κ2) is 7.10. The first-order valence-electron chi connectivity index (χ1n) is 9.59. The molecule has 1 saturated carbocycles. The van der Waals surface area contributed by atoms with Crippen LogP contribution in [-0.4, -0.2) is 48.7 Å². The van der Waals surface area contributed by atoms with E-state index in [0.29, 0.717) is 44.9 Å². The molecule has 0 unspecified atom stereocenters. The summed E-state index contributed by atoms with van der Waals surface area (Å²) in [6.07, 6.45) is 2.57. The zero-order chi connectivity index (χ0) is 19.9. The van der Waals surface area contributed by atoms with Gasteiger partial charge in [-0.2, -0.15) is 0 Å². The van der Waals surface area contributed by atoms with Crippen molar-refractivity contribution in [3.63, 3.8) is 0 Å². The number of alkyl carbamates (subject to hydrolysis) is 1. The summed E-state index contributed by atoms with van der Waals surface area (Å²) < 4.78 is 23.9. The summed E-state index contributed by atoms with van der Waals surface area (Å²) in [4.78, 5) is 25.9. The second-order valence-electron chi connectivity index (χ2n) is 8.59. The smallest absolute Gasteiger partial charge is 0.407 e. The lowest BCUT2D eigenvalue weighted by Crippen LogP contribution is -2.59. The minimum Gasteiger partial charge on any atom is -0.491 e. The van der Waals surface area contributed by atoms with E-state index in [9.17, 15) is 14.0 Å². The van der Waals surface area contributed by atoms with Gasteiger partial charge in [-0.1, -0.05) is 18.5 Å². The Morgan fingerprint density at radius 3 is 2.71 bits per heavy atom. The number of cyclic esters (lactones) is 1. The van der Waals surface area contributed by atoms with E-state index in [-0.39, 0.29) is 33.9 Å². The third-order valence-corrected chi connectivity index (χ3v) is 6.52. The van der Waals surface area contributed by atoms with Crippen molar-refractivity contribution in [2.45, 2.75) is 38.1 Å². The second-order valence-corrected chi connectivity index (χ2v) is 8.99. The highest BCUT2D eigenvalue weighted by molar-refractivity contribution is 6.32. The van der Waals surface area contributed by atoms with Crippen LogP contribution in [0, 0.1) is 17.2 Å². The Morgan fingerprint density at radius 2 is 2.11 bits per heavy atom. The third-order valence-electron chi connectivity index (χ3n) is 6.22. The van der Waals surface area contributed by atoms with Crippen molar-refractivity contribution >= 4 is 23.6 Å². The van der Waals surface area contributed by atoms with E-state index in [4.69, 9.17) is 21.1 Å². The maximum absolute atomic E-state index is 13.1. The summed E-state index contributed by atoms with van der Waals surface area (Å²) in [5.74, 6) is 0.206. The van der Waals surface area contributed by atoms with Gasteiger partial charge in [-0.15, -0.1) is 0 Å². The number of carbonyl (C=O) groups is 2. The standard InChI is InChI=1S/C20H24ClFN2O4/c1-19(11-27-16-3-2-14(22)8-15(16)21)4-6-24(7-5-19)17(25)13-9-20(10-13)12-28-18(26)23-20/h2-3,8,13H,4-7,9-12H2,1H3,(H,23,26). The van der Waals surface area contributed by atoms with Crippen molar-refractivity contribution in [3.8, 4) is 5.75 Å². The van der Waals surface area contributed by atoms with Crippen LogP contribution in [0.3, 0.4) is 0 Å². The van der Waals surface area contributed by atoms with Crippen LogP contribution < -0.4 is 10.1 Å². The van der Waals surface area contributed by atoms with Gasteiger partial charge in [0.25, 0.3) is 0 Å². The number of hydrogen-bond donors (Lipinski definition) is 1. The molecule has 0 radical (unpaired) electrons. The number of piperidine rings is 1. The van der Waals surface area contributed by atoms with Crippen molar-refractivity contribution in [1.29, 1.82) is 0 Å². The molecule has 0 bridgehead atoms. The van der Waals surface area contributed by atoms with E-state index >= 15 is 0 Å². The zero-order valence-corrected chi connectivity index (χ0v) is 16.6. The molecule has 28 heavy (non-hydrogen) atoms. The maximum Gasteiger partial charge on any atom is 0.407 e. The van der Waals surface area contributed by atoms with Crippen molar-refractivity contribution in [2.75, 3.05) is 26.3 Å². The Hall–Kier alpha value is -2.02. The highest BCUT2D eigenvalue weighted by atomic mass is 35.5. The SMILES string of the molecule is CC1(COc2ccc(F)cc2Cl)CCN(C(=O)C2CC3(COC(=O)N3)C2)CC1. The minimum atomic E-state index is -0.392. The average Bonchev–Trinajstić information content (AvgIpc) is 3.02. The first-order chi connectivity index (χ1) is 13.3. The number of nitrogens with one attached hydrogen (secondary N) is 1. The molecule has 152 valence electrons. The van der Waals surface area contributed by atoms with Crippen molar-refractivity contribution in [2.24, 2.45) is 11.3 Å². The number of benzene rings is 1. The number of carbonyl (C=O) groups excluding carboxylic acids is 2. The molecule has 0 atom stereocenters. The van der Waals surface area contributed by atoms with Gasteiger partial charge in [-0.25, -0.2) is 9.18 Å². The molecule has 1 aliphatic carbocycles. The van der Waals surface area contributed by atoms with Crippen molar-refractivity contribution in [1.82, 2.24) is 10.2 Å². The van der Waals surface area contributed by atoms with Gasteiger partial charge in [-0.3, -0.25) is 4.79 Å². The zero-order valence-electron chi connectivity index (χ0n) is 15.8. The van der Waals surface area contributed by atoms with Gasteiger partial charge in [0.2, 0.25) is 5.91 Å². The van der Waals surface area contributed by atoms with Crippen LogP contribution in [0.2, 0.25) is 5.02 Å². The van der Waals surface area contributed by atoms with Crippen LogP contribution >= 0.6 is 11.6 Å². The van der Waals surface area contributed by atoms with Gasteiger partial charge in [0, 0.05) is 24.4 Å². The van der Waals surface area contributed by atoms with Crippen LogP contribution in [-0.2, 0) is 9.53 Å². The van der Waals surface area contributed by atoms with E-state index in [1.807, 2.05) is 4.90 Å². The normalized spacial score (nSPS) is 28.5. The van der Waals surface area contributed by atoms with Crippen LogP contribution in [0.4, 0.5) is 9.18 Å². The monoisotopic (exact) mass is 410 g/mol. The maximum atomic E-state index is 13.1. The molecule has 1 aromatic carbocycles. The van der Waals surface area contributed by atoms with Crippen molar-refractivity contribution in [3.05, 3.63) is 29.0 Å². The van der Waals surface area contributed by atoms with E-state index in [0.717, 1.165) is 12.8 Å². The fourth-order valence-corrected chi connectivity index (χ4v) is 4.51. The number of amides is 2. The molecule has 1 aromatic rings. The summed E-state index contributed by atoms with van der Waals surface area (Å²) in [5, 5.41) is 3.09. The molecular weight excluding hydrogens is 387 g/mol. The van der Waals surface area contributed by atoms with E-state index in [1.54, 1.807) is 0 Å². The molecular formula is C20H24ClFN2O4. The topological polar surface area (TPSA) is 67.9 Å². The van der Waals surface area contributed by atoms with Gasteiger partial charge < -0.3 is 19.7 Å². The number of halogens is 2.